The predicted octanol–water partition coefficient (Wildman–Crippen LogP) is -0.386. The zero-order chi connectivity index (χ0) is 15.3. The second kappa shape index (κ2) is 6.93. The molecule has 2 rings (SSSR count). The average molecular weight is 318 g/mol. The van der Waals surface area contributed by atoms with E-state index in [9.17, 15) is 8.42 Å². The van der Waals surface area contributed by atoms with E-state index in [2.05, 4.69) is 19.9 Å². The van der Waals surface area contributed by atoms with E-state index in [1.165, 1.54) is 0 Å². The van der Waals surface area contributed by atoms with Gasteiger partial charge < -0.3 is 15.0 Å². The number of hydrogen-bond donors (Lipinski definition) is 2. The third-order valence-corrected chi connectivity index (χ3v) is 4.72. The molecule has 0 aromatic rings. The highest BCUT2D eigenvalue weighted by atomic mass is 32.2. The van der Waals surface area contributed by atoms with Crippen molar-refractivity contribution in [3.63, 3.8) is 0 Å². The standard InChI is InChI=1S/C13H26N4O3S/c1-3-14-12(15-6-7-16-21(2,18)19)17-8-4-13(10-17)5-9-20-11-13/h16H,3-11H2,1-2H3,(H,14,15). The van der Waals surface area contributed by atoms with Gasteiger partial charge in [-0.25, -0.2) is 13.1 Å². The van der Waals surface area contributed by atoms with Gasteiger partial charge in [0.05, 0.1) is 19.4 Å². The van der Waals surface area contributed by atoms with E-state index in [0.29, 0.717) is 18.5 Å². The zero-order valence-corrected chi connectivity index (χ0v) is 13.7. The lowest BCUT2D eigenvalue weighted by Crippen LogP contribution is -2.42. The Hall–Kier alpha value is -0.860. The molecule has 1 atom stereocenters. The van der Waals surface area contributed by atoms with E-state index in [4.69, 9.17) is 4.74 Å². The Labute approximate surface area is 127 Å². The summed E-state index contributed by atoms with van der Waals surface area (Å²) in [6.07, 6.45) is 3.42. The van der Waals surface area contributed by atoms with Gasteiger partial charge in [-0.15, -0.1) is 0 Å². The number of nitrogens with one attached hydrogen (secondary N) is 2. The van der Waals surface area contributed by atoms with Gasteiger partial charge in [-0.1, -0.05) is 0 Å². The maximum absolute atomic E-state index is 11.0. The Bertz CT molecular complexity index is 472. The first-order valence-corrected chi connectivity index (χ1v) is 9.39. The summed E-state index contributed by atoms with van der Waals surface area (Å²) in [4.78, 5) is 6.78. The van der Waals surface area contributed by atoms with Crippen LogP contribution in [-0.2, 0) is 14.8 Å². The number of sulfonamides is 1. The van der Waals surface area contributed by atoms with Crippen molar-refractivity contribution in [2.75, 3.05) is 52.2 Å². The number of hydrogen-bond acceptors (Lipinski definition) is 4. The molecule has 2 heterocycles. The minimum Gasteiger partial charge on any atom is -0.381 e. The van der Waals surface area contributed by atoms with Crippen LogP contribution in [0.15, 0.2) is 4.99 Å². The molecule has 0 aliphatic carbocycles. The molecule has 0 aromatic heterocycles. The first-order chi connectivity index (χ1) is 9.94. The van der Waals surface area contributed by atoms with E-state index >= 15 is 0 Å². The molecule has 21 heavy (non-hydrogen) atoms. The summed E-state index contributed by atoms with van der Waals surface area (Å²) >= 11 is 0. The highest BCUT2D eigenvalue weighted by molar-refractivity contribution is 7.88. The summed E-state index contributed by atoms with van der Waals surface area (Å²) in [5.41, 5.74) is 0.293. The number of rotatable bonds is 5. The number of likely N-dealkylation sites (tertiary alicyclic amines) is 1. The van der Waals surface area contributed by atoms with Crippen LogP contribution in [0.25, 0.3) is 0 Å². The first kappa shape index (κ1) is 16.5. The molecule has 2 aliphatic rings. The Morgan fingerprint density at radius 1 is 1.43 bits per heavy atom. The maximum Gasteiger partial charge on any atom is 0.208 e. The summed E-state index contributed by atoms with van der Waals surface area (Å²) in [6, 6.07) is 0. The van der Waals surface area contributed by atoms with E-state index in [-0.39, 0.29) is 0 Å². The second-order valence-corrected chi connectivity index (χ2v) is 7.71. The molecule has 2 fully saturated rings. The maximum atomic E-state index is 11.0. The molecule has 0 aromatic carbocycles. The van der Waals surface area contributed by atoms with Crippen molar-refractivity contribution in [3.8, 4) is 0 Å². The van der Waals surface area contributed by atoms with E-state index in [1.54, 1.807) is 0 Å². The number of aliphatic imine (C=N–C) groups is 1. The summed E-state index contributed by atoms with van der Waals surface area (Å²) < 4.78 is 30.1. The van der Waals surface area contributed by atoms with Crippen LogP contribution in [0.4, 0.5) is 0 Å². The molecular formula is C13H26N4O3S. The van der Waals surface area contributed by atoms with Gasteiger partial charge in [-0.05, 0) is 19.8 Å². The van der Waals surface area contributed by atoms with E-state index < -0.39 is 10.0 Å². The predicted molar refractivity (Wildman–Crippen MR) is 82.9 cm³/mol. The van der Waals surface area contributed by atoms with Gasteiger partial charge >= 0.3 is 0 Å². The molecule has 0 amide bonds. The lowest BCUT2D eigenvalue weighted by molar-refractivity contribution is 0.156. The molecule has 8 heteroatoms. The van der Waals surface area contributed by atoms with Gasteiger partial charge in [0.15, 0.2) is 5.96 Å². The number of nitrogens with zero attached hydrogens (tertiary/aromatic N) is 2. The van der Waals surface area contributed by atoms with Crippen LogP contribution < -0.4 is 10.0 Å². The minimum atomic E-state index is -3.14. The van der Waals surface area contributed by atoms with Crippen molar-refractivity contribution in [2.45, 2.75) is 19.8 Å². The lowest BCUT2D eigenvalue weighted by atomic mass is 9.87. The van der Waals surface area contributed by atoms with Crippen LogP contribution >= 0.6 is 0 Å². The second-order valence-electron chi connectivity index (χ2n) is 5.88. The Balaban J connectivity index is 1.89. The lowest BCUT2D eigenvalue weighted by Gasteiger charge is -2.24. The fourth-order valence-corrected chi connectivity index (χ4v) is 3.37. The smallest absolute Gasteiger partial charge is 0.208 e. The fourth-order valence-electron chi connectivity index (χ4n) is 2.91. The summed E-state index contributed by atoms with van der Waals surface area (Å²) in [5, 5.41) is 3.29. The SMILES string of the molecule is CCNC(=NCCNS(C)(=O)=O)N1CCC2(CCOC2)C1. The molecule has 122 valence electrons. The molecule has 2 saturated heterocycles. The number of guanidine groups is 1. The van der Waals surface area contributed by atoms with Crippen molar-refractivity contribution in [1.82, 2.24) is 14.9 Å². The van der Waals surface area contributed by atoms with Gasteiger partial charge in [0.25, 0.3) is 0 Å². The third kappa shape index (κ3) is 4.82. The van der Waals surface area contributed by atoms with Crippen molar-refractivity contribution in [1.29, 1.82) is 0 Å². The monoisotopic (exact) mass is 318 g/mol. The summed E-state index contributed by atoms with van der Waals surface area (Å²) in [7, 11) is -3.14. The molecule has 1 spiro atoms. The van der Waals surface area contributed by atoms with Gasteiger partial charge in [0, 0.05) is 38.2 Å². The van der Waals surface area contributed by atoms with Crippen molar-refractivity contribution in [3.05, 3.63) is 0 Å². The zero-order valence-electron chi connectivity index (χ0n) is 12.9. The molecule has 2 N–H and O–H groups in total. The highest BCUT2D eigenvalue weighted by Crippen LogP contribution is 2.38. The Kier molecular flexibility index (Phi) is 5.45. The molecule has 1 unspecified atom stereocenters. The normalized spacial score (nSPS) is 26.8. The highest BCUT2D eigenvalue weighted by Gasteiger charge is 2.42. The van der Waals surface area contributed by atoms with Crippen LogP contribution in [0.3, 0.4) is 0 Å². The molecule has 7 nitrogen and oxygen atoms in total. The van der Waals surface area contributed by atoms with Crippen LogP contribution in [-0.4, -0.2) is 71.5 Å². The van der Waals surface area contributed by atoms with Gasteiger partial charge in [-0.3, -0.25) is 4.99 Å². The third-order valence-electron chi connectivity index (χ3n) is 4.00. The molecule has 2 aliphatic heterocycles. The van der Waals surface area contributed by atoms with Gasteiger partial charge in [-0.2, -0.15) is 0 Å². The van der Waals surface area contributed by atoms with Crippen molar-refractivity contribution >= 4 is 16.0 Å². The number of ether oxygens (including phenoxy) is 1. The van der Waals surface area contributed by atoms with E-state index in [0.717, 1.165) is 57.9 Å². The van der Waals surface area contributed by atoms with Gasteiger partial charge in [0.2, 0.25) is 10.0 Å². The van der Waals surface area contributed by atoms with Crippen molar-refractivity contribution in [2.24, 2.45) is 10.4 Å². The minimum absolute atomic E-state index is 0.293. The molecular weight excluding hydrogens is 292 g/mol. The quantitative estimate of drug-likeness (QED) is 0.410. The van der Waals surface area contributed by atoms with Crippen LogP contribution in [0.5, 0.6) is 0 Å². The summed E-state index contributed by atoms with van der Waals surface area (Å²) in [5.74, 6) is 0.872. The fraction of sp³-hybridized carbons (Fsp3) is 0.923. The topological polar surface area (TPSA) is 83.0 Å². The van der Waals surface area contributed by atoms with Gasteiger partial charge in [0.1, 0.15) is 0 Å². The van der Waals surface area contributed by atoms with E-state index in [1.807, 2.05) is 6.92 Å². The van der Waals surface area contributed by atoms with Crippen LogP contribution in [0.2, 0.25) is 0 Å². The Morgan fingerprint density at radius 3 is 2.86 bits per heavy atom. The van der Waals surface area contributed by atoms with Crippen LogP contribution in [0, 0.1) is 5.41 Å². The Morgan fingerprint density at radius 2 is 2.24 bits per heavy atom. The largest absolute Gasteiger partial charge is 0.381 e. The molecule has 0 radical (unpaired) electrons. The van der Waals surface area contributed by atoms with Crippen LogP contribution in [0.1, 0.15) is 19.8 Å². The summed E-state index contributed by atoms with van der Waals surface area (Å²) in [6.45, 7) is 7.27. The average Bonchev–Trinajstić information content (AvgIpc) is 3.03. The molecule has 0 bridgehead atoms. The first-order valence-electron chi connectivity index (χ1n) is 7.50. The molecule has 0 saturated carbocycles. The van der Waals surface area contributed by atoms with Crippen molar-refractivity contribution < 1.29 is 13.2 Å².